The minimum absolute atomic E-state index is 0.272. The molecule has 0 N–H and O–H groups in total. The lowest BCUT2D eigenvalue weighted by Gasteiger charge is -2.25. The van der Waals surface area contributed by atoms with Crippen molar-refractivity contribution in [3.8, 4) is 0 Å². The van der Waals surface area contributed by atoms with Gasteiger partial charge in [-0.05, 0) is 58.4 Å². The van der Waals surface area contributed by atoms with Crippen molar-refractivity contribution in [3.63, 3.8) is 0 Å². The summed E-state index contributed by atoms with van der Waals surface area (Å²) in [7, 11) is 0. The molecule has 0 aromatic rings. The molecule has 0 fully saturated rings. The first-order valence-electron chi connectivity index (χ1n) is 6.35. The Morgan fingerprint density at radius 1 is 1.56 bits per heavy atom. The van der Waals surface area contributed by atoms with Gasteiger partial charge in [0.1, 0.15) is 0 Å². The number of carbonyl (C=O) groups is 1. The lowest BCUT2D eigenvalue weighted by molar-refractivity contribution is -0.120. The smallest absolute Gasteiger partial charge is 0.158 e. The van der Waals surface area contributed by atoms with E-state index in [0.29, 0.717) is 11.7 Å². The van der Waals surface area contributed by atoms with Gasteiger partial charge in [0.05, 0.1) is 0 Å². The summed E-state index contributed by atoms with van der Waals surface area (Å²) in [5.41, 5.74) is 2.62. The molecule has 0 aromatic heterocycles. The number of allylic oxidation sites excluding steroid dienone is 4. The van der Waals surface area contributed by atoms with Crippen LogP contribution in [0.15, 0.2) is 23.3 Å². The number of carbonyl (C=O) groups excluding carboxylic acids is 1. The van der Waals surface area contributed by atoms with Gasteiger partial charge < -0.3 is 0 Å². The van der Waals surface area contributed by atoms with E-state index in [4.69, 9.17) is 0 Å². The van der Waals surface area contributed by atoms with Crippen molar-refractivity contribution in [1.82, 2.24) is 0 Å². The third-order valence-corrected chi connectivity index (χ3v) is 3.47. The molecule has 1 heteroatoms. The average molecular weight is 220 g/mol. The minimum Gasteiger partial charge on any atom is -0.295 e. The molecule has 0 saturated carbocycles. The number of hydrogen-bond donors (Lipinski definition) is 0. The first kappa shape index (κ1) is 13.2. The molecule has 0 saturated heterocycles. The van der Waals surface area contributed by atoms with Gasteiger partial charge >= 0.3 is 0 Å². The molecule has 0 radical (unpaired) electrons. The SMILES string of the molecule is CC(C)=CCCC(C)C1CCC(C)=CC1=O. The van der Waals surface area contributed by atoms with Gasteiger partial charge in [-0.2, -0.15) is 0 Å². The lowest BCUT2D eigenvalue weighted by Crippen LogP contribution is -2.23. The van der Waals surface area contributed by atoms with Gasteiger partial charge in [0.2, 0.25) is 0 Å². The van der Waals surface area contributed by atoms with E-state index in [-0.39, 0.29) is 5.92 Å². The quantitative estimate of drug-likeness (QED) is 0.646. The first-order chi connectivity index (χ1) is 7.50. The number of hydrogen-bond acceptors (Lipinski definition) is 1. The maximum absolute atomic E-state index is 11.9. The highest BCUT2D eigenvalue weighted by Gasteiger charge is 2.25. The van der Waals surface area contributed by atoms with Gasteiger partial charge in [-0.25, -0.2) is 0 Å². The molecule has 90 valence electrons. The zero-order valence-corrected chi connectivity index (χ0v) is 11.0. The molecule has 0 aromatic carbocycles. The molecule has 0 bridgehead atoms. The fraction of sp³-hybridized carbons (Fsp3) is 0.667. The molecular weight excluding hydrogens is 196 g/mol. The van der Waals surface area contributed by atoms with Crippen LogP contribution in [0.3, 0.4) is 0 Å². The molecule has 0 heterocycles. The van der Waals surface area contributed by atoms with Gasteiger partial charge in [0, 0.05) is 5.92 Å². The van der Waals surface area contributed by atoms with E-state index in [1.165, 1.54) is 11.1 Å². The summed E-state index contributed by atoms with van der Waals surface area (Å²) in [5.74, 6) is 1.15. The van der Waals surface area contributed by atoms with Crippen LogP contribution in [0.5, 0.6) is 0 Å². The van der Waals surface area contributed by atoms with Crippen LogP contribution in [-0.2, 0) is 4.79 Å². The molecule has 1 aliphatic carbocycles. The summed E-state index contributed by atoms with van der Waals surface area (Å²) in [6.07, 6.45) is 8.52. The van der Waals surface area contributed by atoms with E-state index < -0.39 is 0 Å². The second-order valence-corrected chi connectivity index (χ2v) is 5.37. The third-order valence-electron chi connectivity index (χ3n) is 3.47. The van der Waals surface area contributed by atoms with Gasteiger partial charge in [0.25, 0.3) is 0 Å². The summed E-state index contributed by atoms with van der Waals surface area (Å²) >= 11 is 0. The Kier molecular flexibility index (Phi) is 4.98. The molecule has 0 amide bonds. The van der Waals surface area contributed by atoms with E-state index in [1.807, 2.05) is 6.08 Å². The molecule has 1 aliphatic rings. The summed E-state index contributed by atoms with van der Waals surface area (Å²) in [4.78, 5) is 11.9. The van der Waals surface area contributed by atoms with Crippen LogP contribution in [0.1, 0.15) is 53.4 Å². The highest BCUT2D eigenvalue weighted by molar-refractivity contribution is 5.93. The predicted molar refractivity (Wildman–Crippen MR) is 69.3 cm³/mol. The first-order valence-corrected chi connectivity index (χ1v) is 6.35. The Labute approximate surface area is 99.6 Å². The van der Waals surface area contributed by atoms with Gasteiger partial charge in [-0.3, -0.25) is 4.79 Å². The van der Waals surface area contributed by atoms with E-state index in [2.05, 4.69) is 33.8 Å². The number of ketones is 1. The van der Waals surface area contributed by atoms with Crippen LogP contribution < -0.4 is 0 Å². The van der Waals surface area contributed by atoms with Crippen molar-refractivity contribution in [2.45, 2.75) is 53.4 Å². The molecule has 1 rings (SSSR count). The second kappa shape index (κ2) is 6.03. The zero-order chi connectivity index (χ0) is 12.1. The van der Waals surface area contributed by atoms with Crippen LogP contribution in [0, 0.1) is 11.8 Å². The third kappa shape index (κ3) is 3.96. The van der Waals surface area contributed by atoms with Crippen molar-refractivity contribution in [2.24, 2.45) is 11.8 Å². The average Bonchev–Trinajstić information content (AvgIpc) is 2.16. The molecule has 16 heavy (non-hydrogen) atoms. The molecule has 0 spiro atoms. The Bertz CT molecular complexity index is 305. The van der Waals surface area contributed by atoms with Crippen molar-refractivity contribution < 1.29 is 4.79 Å². The van der Waals surface area contributed by atoms with Crippen molar-refractivity contribution in [1.29, 1.82) is 0 Å². The zero-order valence-electron chi connectivity index (χ0n) is 11.0. The lowest BCUT2D eigenvalue weighted by atomic mass is 9.79. The van der Waals surface area contributed by atoms with E-state index in [1.54, 1.807) is 0 Å². The number of rotatable bonds is 4. The van der Waals surface area contributed by atoms with E-state index >= 15 is 0 Å². The molecule has 2 atom stereocenters. The van der Waals surface area contributed by atoms with E-state index in [9.17, 15) is 4.79 Å². The standard InChI is InChI=1S/C15H24O/c1-11(2)6-5-7-13(4)14-9-8-12(3)10-15(14)16/h6,10,13-14H,5,7-9H2,1-4H3. The van der Waals surface area contributed by atoms with Crippen molar-refractivity contribution in [2.75, 3.05) is 0 Å². The maximum atomic E-state index is 11.9. The maximum Gasteiger partial charge on any atom is 0.158 e. The normalized spacial score (nSPS) is 22.6. The minimum atomic E-state index is 0.272. The molecule has 0 aliphatic heterocycles. The predicted octanol–water partition coefficient (Wildman–Crippen LogP) is 4.29. The fourth-order valence-electron chi connectivity index (χ4n) is 2.35. The fourth-order valence-corrected chi connectivity index (χ4v) is 2.35. The summed E-state index contributed by atoms with van der Waals surface area (Å²) in [6, 6.07) is 0. The van der Waals surface area contributed by atoms with Crippen molar-refractivity contribution in [3.05, 3.63) is 23.3 Å². The largest absolute Gasteiger partial charge is 0.295 e. The highest BCUT2D eigenvalue weighted by atomic mass is 16.1. The molecular formula is C15H24O. The molecule has 2 unspecified atom stereocenters. The Balaban J connectivity index is 2.46. The van der Waals surface area contributed by atoms with Gasteiger partial charge in [-0.15, -0.1) is 0 Å². The van der Waals surface area contributed by atoms with Gasteiger partial charge in [-0.1, -0.05) is 24.1 Å². The van der Waals surface area contributed by atoms with E-state index in [0.717, 1.165) is 25.7 Å². The van der Waals surface area contributed by atoms with Crippen LogP contribution >= 0.6 is 0 Å². The summed E-state index contributed by atoms with van der Waals surface area (Å²) in [6.45, 7) is 8.53. The van der Waals surface area contributed by atoms with Crippen molar-refractivity contribution >= 4 is 5.78 Å². The Morgan fingerprint density at radius 2 is 2.25 bits per heavy atom. The highest BCUT2D eigenvalue weighted by Crippen LogP contribution is 2.29. The van der Waals surface area contributed by atoms with Crippen LogP contribution in [-0.4, -0.2) is 5.78 Å². The van der Waals surface area contributed by atoms with Crippen LogP contribution in [0.2, 0.25) is 0 Å². The van der Waals surface area contributed by atoms with Crippen LogP contribution in [0.25, 0.3) is 0 Å². The van der Waals surface area contributed by atoms with Crippen LogP contribution in [0.4, 0.5) is 0 Å². The summed E-state index contributed by atoms with van der Waals surface area (Å²) in [5, 5.41) is 0. The Morgan fingerprint density at radius 3 is 2.81 bits per heavy atom. The second-order valence-electron chi connectivity index (χ2n) is 5.37. The molecule has 1 nitrogen and oxygen atoms in total. The van der Waals surface area contributed by atoms with Gasteiger partial charge in [0.15, 0.2) is 5.78 Å². The topological polar surface area (TPSA) is 17.1 Å². The summed E-state index contributed by atoms with van der Waals surface area (Å²) < 4.78 is 0. The Hall–Kier alpha value is -0.850. The monoisotopic (exact) mass is 220 g/mol.